The normalized spacial score (nSPS) is 10.9. The Kier molecular flexibility index (Phi) is 7.73. The fourth-order valence-electron chi connectivity index (χ4n) is 4.06. The van der Waals surface area contributed by atoms with Gasteiger partial charge >= 0.3 is 5.97 Å². The third-order valence-corrected chi connectivity index (χ3v) is 6.07. The molecule has 8 heteroatoms. The average molecular weight is 527 g/mol. The average Bonchev–Trinajstić information content (AvgIpc) is 2.95. The van der Waals surface area contributed by atoms with E-state index in [2.05, 4.69) is 4.98 Å². The van der Waals surface area contributed by atoms with Gasteiger partial charge in [-0.25, -0.2) is 13.8 Å². The molecule has 5 aromatic rings. The molecule has 0 atom stereocenters. The lowest BCUT2D eigenvalue weighted by molar-refractivity contribution is -0.137. The Labute approximate surface area is 223 Å². The van der Waals surface area contributed by atoms with E-state index in [1.807, 2.05) is 54.6 Å². The molecule has 0 radical (unpaired) electrons. The van der Waals surface area contributed by atoms with Crippen molar-refractivity contribution in [3.05, 3.63) is 108 Å². The van der Waals surface area contributed by atoms with Crippen LogP contribution < -0.4 is 9.47 Å². The summed E-state index contributed by atoms with van der Waals surface area (Å²) in [6, 6.07) is 26.2. The van der Waals surface area contributed by atoms with E-state index in [0.717, 1.165) is 21.9 Å². The van der Waals surface area contributed by atoms with E-state index in [1.54, 1.807) is 18.2 Å². The molecule has 0 saturated carbocycles. The molecule has 0 fully saturated rings. The predicted octanol–water partition coefficient (Wildman–Crippen LogP) is 7.06. The van der Waals surface area contributed by atoms with Crippen LogP contribution in [0.4, 0.5) is 8.78 Å². The fraction of sp³-hybridized carbons (Fsp3) is 0.129. The maximum atomic E-state index is 13.9. The Morgan fingerprint density at radius 3 is 2.28 bits per heavy atom. The molecule has 39 heavy (non-hydrogen) atoms. The van der Waals surface area contributed by atoms with Crippen molar-refractivity contribution in [2.24, 2.45) is 0 Å². The van der Waals surface area contributed by atoms with E-state index >= 15 is 0 Å². The zero-order valence-electron chi connectivity index (χ0n) is 20.8. The van der Waals surface area contributed by atoms with Crippen LogP contribution >= 0.6 is 0 Å². The molecule has 1 N–H and O–H groups in total. The van der Waals surface area contributed by atoms with Gasteiger partial charge in [-0.15, -0.1) is 0 Å². The minimum absolute atomic E-state index is 0.00902. The van der Waals surface area contributed by atoms with Gasteiger partial charge in [0, 0.05) is 23.6 Å². The first-order chi connectivity index (χ1) is 19.0. The van der Waals surface area contributed by atoms with Crippen LogP contribution in [0.2, 0.25) is 0 Å². The maximum absolute atomic E-state index is 13.9. The topological polar surface area (TPSA) is 81.5 Å². The fourth-order valence-corrected chi connectivity index (χ4v) is 4.06. The molecule has 0 saturated heterocycles. The highest BCUT2D eigenvalue weighted by molar-refractivity contribution is 5.87. The summed E-state index contributed by atoms with van der Waals surface area (Å²) < 4.78 is 39.3. The van der Waals surface area contributed by atoms with Crippen molar-refractivity contribution >= 4 is 16.7 Å². The highest BCUT2D eigenvalue weighted by atomic mass is 19.1. The Bertz CT molecular complexity index is 1610. The number of rotatable bonds is 10. The van der Waals surface area contributed by atoms with Crippen molar-refractivity contribution in [2.75, 3.05) is 6.61 Å². The Morgan fingerprint density at radius 2 is 1.51 bits per heavy atom. The van der Waals surface area contributed by atoms with Gasteiger partial charge in [0.15, 0.2) is 5.82 Å². The van der Waals surface area contributed by atoms with Crippen LogP contribution in [0.3, 0.4) is 0 Å². The van der Waals surface area contributed by atoms with Crippen molar-refractivity contribution in [3.8, 4) is 34.3 Å². The molecule has 0 aliphatic rings. The van der Waals surface area contributed by atoms with Gasteiger partial charge in [-0.1, -0.05) is 54.6 Å². The number of aliphatic carboxylic acids is 1. The smallest absolute Gasteiger partial charge is 0.303 e. The summed E-state index contributed by atoms with van der Waals surface area (Å²) in [6.07, 6.45) is 0.369. The van der Waals surface area contributed by atoms with E-state index < -0.39 is 17.6 Å². The molecular weight excluding hydrogens is 502 g/mol. The maximum Gasteiger partial charge on any atom is 0.303 e. The van der Waals surface area contributed by atoms with Crippen LogP contribution in [0.15, 0.2) is 91.0 Å². The van der Waals surface area contributed by atoms with Gasteiger partial charge in [0.2, 0.25) is 5.88 Å². The number of hydrogen-bond donors (Lipinski definition) is 1. The number of ether oxygens (including phenoxy) is 2. The molecule has 196 valence electrons. The molecule has 6 nitrogen and oxygen atoms in total. The third-order valence-electron chi connectivity index (χ3n) is 6.07. The van der Waals surface area contributed by atoms with Crippen molar-refractivity contribution < 1.29 is 28.2 Å². The summed E-state index contributed by atoms with van der Waals surface area (Å²) in [5.41, 5.74) is 2.21. The Hall–Kier alpha value is -4.85. The second-order valence-electron chi connectivity index (χ2n) is 8.84. The number of carbonyl (C=O) groups is 1. The molecule has 1 heterocycles. The zero-order valence-corrected chi connectivity index (χ0v) is 20.8. The number of benzene rings is 4. The first-order valence-corrected chi connectivity index (χ1v) is 12.4. The van der Waals surface area contributed by atoms with Gasteiger partial charge in [0.05, 0.1) is 17.9 Å². The Morgan fingerprint density at radius 1 is 0.769 bits per heavy atom. The van der Waals surface area contributed by atoms with E-state index in [1.165, 1.54) is 18.2 Å². The van der Waals surface area contributed by atoms with Crippen LogP contribution in [-0.4, -0.2) is 27.7 Å². The van der Waals surface area contributed by atoms with Crippen LogP contribution in [0.25, 0.3) is 33.4 Å². The van der Waals surface area contributed by atoms with Crippen LogP contribution in [0.1, 0.15) is 18.4 Å². The van der Waals surface area contributed by atoms with Crippen molar-refractivity contribution in [1.29, 1.82) is 0 Å². The number of hydrogen-bond acceptors (Lipinski definition) is 5. The highest BCUT2D eigenvalue weighted by Crippen LogP contribution is 2.29. The first kappa shape index (κ1) is 25.8. The zero-order chi connectivity index (χ0) is 27.2. The van der Waals surface area contributed by atoms with E-state index in [-0.39, 0.29) is 25.2 Å². The van der Waals surface area contributed by atoms with E-state index in [0.29, 0.717) is 29.6 Å². The van der Waals surface area contributed by atoms with Gasteiger partial charge in [-0.05, 0) is 47.5 Å². The van der Waals surface area contributed by atoms with Gasteiger partial charge in [-0.3, -0.25) is 4.79 Å². The van der Waals surface area contributed by atoms with Gasteiger partial charge < -0.3 is 14.6 Å². The third kappa shape index (κ3) is 6.35. The van der Waals surface area contributed by atoms with E-state index in [4.69, 9.17) is 19.6 Å². The summed E-state index contributed by atoms with van der Waals surface area (Å²) in [4.78, 5) is 20.2. The lowest BCUT2D eigenvalue weighted by Gasteiger charge is -2.11. The van der Waals surface area contributed by atoms with E-state index in [9.17, 15) is 13.6 Å². The summed E-state index contributed by atoms with van der Waals surface area (Å²) >= 11 is 0. The SMILES string of the molecule is O=C(O)CCCOc1cc(-c2ccccc2)nc(-c2ccc3cc(OCc4c(F)cccc4F)ccc3c2)n1. The molecular formula is C31H24F2N2O4. The predicted molar refractivity (Wildman–Crippen MR) is 143 cm³/mol. The lowest BCUT2D eigenvalue weighted by atomic mass is 10.1. The first-order valence-electron chi connectivity index (χ1n) is 12.4. The summed E-state index contributed by atoms with van der Waals surface area (Å²) in [7, 11) is 0. The number of halogens is 2. The second-order valence-corrected chi connectivity index (χ2v) is 8.84. The molecule has 1 aromatic heterocycles. The molecule has 0 unspecified atom stereocenters. The van der Waals surface area contributed by atoms with Gasteiger partial charge in [-0.2, -0.15) is 4.98 Å². The summed E-state index contributed by atoms with van der Waals surface area (Å²) in [6.45, 7) is -0.00822. The molecule has 5 rings (SSSR count). The molecule has 0 bridgehead atoms. The number of aromatic nitrogens is 2. The monoisotopic (exact) mass is 526 g/mol. The minimum Gasteiger partial charge on any atom is -0.489 e. The summed E-state index contributed by atoms with van der Waals surface area (Å²) in [5, 5.41) is 10.7. The van der Waals surface area contributed by atoms with Crippen molar-refractivity contribution in [2.45, 2.75) is 19.4 Å². The summed E-state index contributed by atoms with van der Waals surface area (Å²) in [5.74, 6) is -0.879. The van der Waals surface area contributed by atoms with Crippen LogP contribution in [0.5, 0.6) is 11.6 Å². The number of nitrogens with zero attached hydrogens (tertiary/aromatic N) is 2. The minimum atomic E-state index is -0.879. The Balaban J connectivity index is 1.41. The van der Waals surface area contributed by atoms with Crippen LogP contribution in [-0.2, 0) is 11.4 Å². The molecule has 0 amide bonds. The molecule has 0 spiro atoms. The van der Waals surface area contributed by atoms with Crippen molar-refractivity contribution in [3.63, 3.8) is 0 Å². The number of carboxylic acids is 1. The lowest BCUT2D eigenvalue weighted by Crippen LogP contribution is -2.04. The highest BCUT2D eigenvalue weighted by Gasteiger charge is 2.12. The molecule has 0 aliphatic carbocycles. The quantitative estimate of drug-likeness (QED) is 0.196. The molecule has 0 aliphatic heterocycles. The van der Waals surface area contributed by atoms with Crippen molar-refractivity contribution in [1.82, 2.24) is 9.97 Å². The number of carboxylic acid groups (broad SMARTS) is 1. The van der Waals surface area contributed by atoms with Crippen LogP contribution in [0, 0.1) is 11.6 Å². The molecule has 4 aromatic carbocycles. The second kappa shape index (κ2) is 11.7. The van der Waals surface area contributed by atoms with Gasteiger partial charge in [0.25, 0.3) is 0 Å². The number of fused-ring (bicyclic) bond motifs is 1. The largest absolute Gasteiger partial charge is 0.489 e. The standard InChI is InChI=1S/C31H24F2N2O4/c32-26-8-4-9-27(33)25(26)19-39-24-14-13-21-16-23(12-11-22(21)17-24)31-34-28(20-6-2-1-3-7-20)18-29(35-31)38-15-5-10-30(36)37/h1-4,6-9,11-14,16-18H,5,10,15,19H2,(H,36,37). The van der Waals surface area contributed by atoms with Gasteiger partial charge in [0.1, 0.15) is 24.0 Å².